The van der Waals surface area contributed by atoms with Crippen LogP contribution in [0.1, 0.15) is 18.9 Å². The molecule has 0 amide bonds. The van der Waals surface area contributed by atoms with Crippen LogP contribution >= 0.6 is 0 Å². The van der Waals surface area contributed by atoms with E-state index >= 15 is 0 Å². The van der Waals surface area contributed by atoms with Crippen LogP contribution in [0.4, 0.5) is 8.78 Å². The summed E-state index contributed by atoms with van der Waals surface area (Å²) in [5.74, 6) is -1.27. The molecule has 17 heavy (non-hydrogen) atoms. The van der Waals surface area contributed by atoms with Crippen molar-refractivity contribution in [3.8, 4) is 0 Å². The maximum atomic E-state index is 13.3. The van der Waals surface area contributed by atoms with E-state index in [1.165, 1.54) is 12.1 Å². The molecule has 0 atom stereocenters. The molecular formula is C12H17F2NO2. The van der Waals surface area contributed by atoms with Crippen LogP contribution in [-0.2, 0) is 6.54 Å². The molecule has 0 saturated heterocycles. The SMILES string of the molecule is CCC(CO)(CO)NCc1ccc(F)cc1F. The molecule has 5 heteroatoms. The maximum absolute atomic E-state index is 13.3. The van der Waals surface area contributed by atoms with Crippen LogP contribution < -0.4 is 5.32 Å². The second-order valence-corrected chi connectivity index (χ2v) is 4.04. The van der Waals surface area contributed by atoms with E-state index in [4.69, 9.17) is 0 Å². The Morgan fingerprint density at radius 3 is 2.35 bits per heavy atom. The summed E-state index contributed by atoms with van der Waals surface area (Å²) >= 11 is 0. The first-order chi connectivity index (χ1) is 8.06. The van der Waals surface area contributed by atoms with E-state index < -0.39 is 17.2 Å². The minimum atomic E-state index is -0.833. The average Bonchev–Trinajstić information content (AvgIpc) is 2.33. The molecule has 0 aliphatic rings. The summed E-state index contributed by atoms with van der Waals surface area (Å²) < 4.78 is 26.0. The van der Waals surface area contributed by atoms with Gasteiger partial charge in [-0.05, 0) is 12.5 Å². The monoisotopic (exact) mass is 245 g/mol. The van der Waals surface area contributed by atoms with Crippen LogP contribution in [0, 0.1) is 11.6 Å². The Bertz CT molecular complexity index is 359. The molecule has 1 rings (SSSR count). The molecule has 0 unspecified atom stereocenters. The molecule has 3 nitrogen and oxygen atoms in total. The van der Waals surface area contributed by atoms with Crippen molar-refractivity contribution in [1.29, 1.82) is 0 Å². The lowest BCUT2D eigenvalue weighted by molar-refractivity contribution is 0.0861. The van der Waals surface area contributed by atoms with E-state index in [0.717, 1.165) is 6.07 Å². The van der Waals surface area contributed by atoms with E-state index in [1.807, 2.05) is 0 Å². The van der Waals surface area contributed by atoms with Gasteiger partial charge in [0.2, 0.25) is 0 Å². The summed E-state index contributed by atoms with van der Waals surface area (Å²) in [7, 11) is 0. The topological polar surface area (TPSA) is 52.5 Å². The lowest BCUT2D eigenvalue weighted by Gasteiger charge is -2.30. The Hall–Kier alpha value is -1.04. The summed E-state index contributed by atoms with van der Waals surface area (Å²) in [6, 6.07) is 3.32. The summed E-state index contributed by atoms with van der Waals surface area (Å²) in [4.78, 5) is 0. The molecule has 0 radical (unpaired) electrons. The van der Waals surface area contributed by atoms with Crippen LogP contribution in [0.15, 0.2) is 18.2 Å². The van der Waals surface area contributed by atoms with Gasteiger partial charge in [-0.3, -0.25) is 0 Å². The largest absolute Gasteiger partial charge is 0.394 e. The van der Waals surface area contributed by atoms with E-state index in [9.17, 15) is 19.0 Å². The van der Waals surface area contributed by atoms with Crippen molar-refractivity contribution in [3.05, 3.63) is 35.4 Å². The summed E-state index contributed by atoms with van der Waals surface area (Å²) in [5, 5.41) is 21.3. The smallest absolute Gasteiger partial charge is 0.130 e. The highest BCUT2D eigenvalue weighted by Crippen LogP contribution is 2.13. The molecule has 1 aromatic carbocycles. The molecule has 0 fully saturated rings. The van der Waals surface area contributed by atoms with Crippen molar-refractivity contribution in [1.82, 2.24) is 5.32 Å². The van der Waals surface area contributed by atoms with Crippen molar-refractivity contribution in [2.75, 3.05) is 13.2 Å². The Balaban J connectivity index is 2.72. The van der Waals surface area contributed by atoms with E-state index in [1.54, 1.807) is 6.92 Å². The number of aliphatic hydroxyl groups excluding tert-OH is 2. The summed E-state index contributed by atoms with van der Waals surface area (Å²) in [6.07, 6.45) is 0.503. The zero-order valence-electron chi connectivity index (χ0n) is 9.71. The molecule has 0 spiro atoms. The Morgan fingerprint density at radius 2 is 1.88 bits per heavy atom. The van der Waals surface area contributed by atoms with Gasteiger partial charge in [-0.25, -0.2) is 8.78 Å². The minimum Gasteiger partial charge on any atom is -0.394 e. The second-order valence-electron chi connectivity index (χ2n) is 4.04. The third kappa shape index (κ3) is 3.46. The van der Waals surface area contributed by atoms with Crippen LogP contribution in [0.25, 0.3) is 0 Å². The lowest BCUT2D eigenvalue weighted by Crippen LogP contribution is -2.50. The number of hydrogen-bond acceptors (Lipinski definition) is 3. The highest BCUT2D eigenvalue weighted by Gasteiger charge is 2.25. The first-order valence-corrected chi connectivity index (χ1v) is 5.47. The Labute approximate surface area is 99.1 Å². The summed E-state index contributed by atoms with van der Waals surface area (Å²) in [6.45, 7) is 1.44. The maximum Gasteiger partial charge on any atom is 0.130 e. The van der Waals surface area contributed by atoms with Gasteiger partial charge in [-0.1, -0.05) is 13.0 Å². The van der Waals surface area contributed by atoms with Crippen molar-refractivity contribution in [2.45, 2.75) is 25.4 Å². The highest BCUT2D eigenvalue weighted by molar-refractivity contribution is 5.18. The summed E-state index contributed by atoms with van der Waals surface area (Å²) in [5.41, 5.74) is -0.535. The molecule has 0 aliphatic heterocycles. The Kier molecular flexibility index (Phi) is 4.99. The zero-order valence-corrected chi connectivity index (χ0v) is 9.71. The predicted octanol–water partition coefficient (Wildman–Crippen LogP) is 1.19. The molecule has 0 saturated carbocycles. The molecule has 96 valence electrons. The molecule has 0 heterocycles. The Morgan fingerprint density at radius 1 is 1.24 bits per heavy atom. The highest BCUT2D eigenvalue weighted by atomic mass is 19.1. The van der Waals surface area contributed by atoms with Gasteiger partial charge in [-0.2, -0.15) is 0 Å². The van der Waals surface area contributed by atoms with Gasteiger partial charge in [0.1, 0.15) is 11.6 Å². The molecule has 3 N–H and O–H groups in total. The van der Waals surface area contributed by atoms with E-state index in [2.05, 4.69) is 5.32 Å². The third-order valence-corrected chi connectivity index (χ3v) is 2.95. The van der Waals surface area contributed by atoms with Crippen molar-refractivity contribution >= 4 is 0 Å². The first-order valence-electron chi connectivity index (χ1n) is 5.47. The molecule has 1 aromatic rings. The number of aliphatic hydroxyl groups is 2. The molecule has 0 bridgehead atoms. The fourth-order valence-corrected chi connectivity index (χ4v) is 1.46. The van der Waals surface area contributed by atoms with Gasteiger partial charge >= 0.3 is 0 Å². The van der Waals surface area contributed by atoms with Gasteiger partial charge < -0.3 is 15.5 Å². The third-order valence-electron chi connectivity index (χ3n) is 2.95. The van der Waals surface area contributed by atoms with Crippen molar-refractivity contribution < 1.29 is 19.0 Å². The average molecular weight is 245 g/mol. The van der Waals surface area contributed by atoms with Crippen LogP contribution in [0.3, 0.4) is 0 Å². The molecule has 0 aromatic heterocycles. The van der Waals surface area contributed by atoms with Gasteiger partial charge in [0.15, 0.2) is 0 Å². The first kappa shape index (κ1) is 14.0. The van der Waals surface area contributed by atoms with Crippen LogP contribution in [-0.4, -0.2) is 29.0 Å². The second kappa shape index (κ2) is 6.05. The van der Waals surface area contributed by atoms with E-state index in [-0.39, 0.29) is 19.8 Å². The van der Waals surface area contributed by atoms with Gasteiger partial charge in [0, 0.05) is 18.2 Å². The zero-order chi connectivity index (χ0) is 12.9. The van der Waals surface area contributed by atoms with Crippen molar-refractivity contribution in [2.24, 2.45) is 0 Å². The number of benzene rings is 1. The van der Waals surface area contributed by atoms with Gasteiger partial charge in [0.25, 0.3) is 0 Å². The standard InChI is InChI=1S/C12H17F2NO2/c1-2-12(7-16,8-17)15-6-9-3-4-10(13)5-11(9)14/h3-5,15-17H,2,6-8H2,1H3. The van der Waals surface area contributed by atoms with E-state index in [0.29, 0.717) is 12.0 Å². The predicted molar refractivity (Wildman–Crippen MR) is 60.4 cm³/mol. The minimum absolute atomic E-state index is 0.126. The normalized spacial score (nSPS) is 11.8. The van der Waals surface area contributed by atoms with Crippen LogP contribution in [0.5, 0.6) is 0 Å². The van der Waals surface area contributed by atoms with Gasteiger partial charge in [-0.15, -0.1) is 0 Å². The van der Waals surface area contributed by atoms with Gasteiger partial charge in [0.05, 0.1) is 18.8 Å². The molecular weight excluding hydrogens is 228 g/mol. The number of halogens is 2. The lowest BCUT2D eigenvalue weighted by atomic mass is 9.98. The van der Waals surface area contributed by atoms with Crippen molar-refractivity contribution in [3.63, 3.8) is 0 Å². The number of nitrogens with one attached hydrogen (secondary N) is 1. The molecule has 0 aliphatic carbocycles. The van der Waals surface area contributed by atoms with Crippen LogP contribution in [0.2, 0.25) is 0 Å². The fourth-order valence-electron chi connectivity index (χ4n) is 1.46. The quantitative estimate of drug-likeness (QED) is 0.705. The fraction of sp³-hybridized carbons (Fsp3) is 0.500. The number of hydrogen-bond donors (Lipinski definition) is 3. The number of rotatable bonds is 6.